The van der Waals surface area contributed by atoms with E-state index in [9.17, 15) is 5.11 Å². The van der Waals surface area contributed by atoms with Crippen molar-refractivity contribution in [2.75, 3.05) is 0 Å². The highest BCUT2D eigenvalue weighted by molar-refractivity contribution is 5.17. The van der Waals surface area contributed by atoms with Gasteiger partial charge in [0.2, 0.25) is 0 Å². The first kappa shape index (κ1) is 9.90. The zero-order valence-corrected chi connectivity index (χ0v) is 9.94. The highest BCUT2D eigenvalue weighted by Crippen LogP contribution is 2.65. The Bertz CT molecular complexity index is 276. The summed E-state index contributed by atoms with van der Waals surface area (Å²) in [4.78, 5) is 0. The number of aliphatic hydroxyl groups is 1. The van der Waals surface area contributed by atoms with E-state index in [1.165, 1.54) is 38.5 Å². The van der Waals surface area contributed by atoms with E-state index in [2.05, 4.69) is 5.32 Å². The Morgan fingerprint density at radius 2 is 1.56 bits per heavy atom. The molecule has 6 atom stereocenters. The summed E-state index contributed by atoms with van der Waals surface area (Å²) in [6.07, 6.45) is 9.22. The predicted octanol–water partition coefficient (Wildman–Crippen LogP) is 1.92. The van der Waals surface area contributed by atoms with E-state index in [0.29, 0.717) is 6.04 Å². The molecule has 2 heteroatoms. The molecule has 4 aliphatic carbocycles. The maximum atomic E-state index is 9.99. The third kappa shape index (κ3) is 1.32. The summed E-state index contributed by atoms with van der Waals surface area (Å²) >= 11 is 0. The molecule has 0 saturated heterocycles. The van der Waals surface area contributed by atoms with Gasteiger partial charge in [-0.3, -0.25) is 0 Å². The van der Waals surface area contributed by atoms with Crippen molar-refractivity contribution in [3.63, 3.8) is 0 Å². The van der Waals surface area contributed by atoms with Crippen LogP contribution in [0.3, 0.4) is 0 Å². The van der Waals surface area contributed by atoms with Gasteiger partial charge in [0.1, 0.15) is 0 Å². The number of aliphatic hydroxyl groups excluding tert-OH is 1. The molecule has 0 aliphatic heterocycles. The average Bonchev–Trinajstić information content (AvgIpc) is 2.71. The Balaban J connectivity index is 1.39. The van der Waals surface area contributed by atoms with Crippen LogP contribution in [0.2, 0.25) is 0 Å². The number of hydrogen-bond acceptors (Lipinski definition) is 2. The standard InChI is InChI=1S/C14H23NO/c16-11-4-2-1-3-10(11)15-14-12-8-5-6-9(7-8)13(12)14/h8-16H,1-7H2/t8?,9?,10-,11-,12?,13?,14?/m1/s1. The van der Waals surface area contributed by atoms with E-state index < -0.39 is 0 Å². The van der Waals surface area contributed by atoms with Gasteiger partial charge in [0, 0.05) is 12.1 Å². The van der Waals surface area contributed by atoms with Gasteiger partial charge in [-0.05, 0) is 55.8 Å². The molecule has 0 aromatic carbocycles. The molecule has 0 aromatic heterocycles. The zero-order valence-electron chi connectivity index (χ0n) is 9.94. The van der Waals surface area contributed by atoms with Crippen molar-refractivity contribution < 1.29 is 5.11 Å². The summed E-state index contributed by atoms with van der Waals surface area (Å²) in [5, 5.41) is 13.8. The Morgan fingerprint density at radius 3 is 2.25 bits per heavy atom. The van der Waals surface area contributed by atoms with E-state index >= 15 is 0 Å². The lowest BCUT2D eigenvalue weighted by molar-refractivity contribution is 0.0876. The van der Waals surface area contributed by atoms with Crippen molar-refractivity contribution in [1.29, 1.82) is 0 Å². The van der Waals surface area contributed by atoms with Gasteiger partial charge in [-0.25, -0.2) is 0 Å². The molecule has 4 rings (SSSR count). The first-order valence-electron chi connectivity index (χ1n) is 7.29. The molecule has 2 bridgehead atoms. The van der Waals surface area contributed by atoms with E-state index in [1.54, 1.807) is 0 Å². The Kier molecular flexibility index (Phi) is 2.14. The van der Waals surface area contributed by atoms with Crippen LogP contribution in [0, 0.1) is 23.7 Å². The SMILES string of the molecule is O[C@@H]1CCCC[C@H]1NC1C2C3CCC(C3)C12. The van der Waals surface area contributed by atoms with Crippen LogP contribution in [-0.2, 0) is 0 Å². The first-order valence-corrected chi connectivity index (χ1v) is 7.29. The average molecular weight is 221 g/mol. The molecule has 4 aliphatic rings. The minimum absolute atomic E-state index is 0.0623. The zero-order chi connectivity index (χ0) is 10.7. The minimum atomic E-state index is -0.0623. The third-order valence-corrected chi connectivity index (χ3v) is 5.87. The van der Waals surface area contributed by atoms with Crippen molar-refractivity contribution in [3.8, 4) is 0 Å². The normalized spacial score (nSPS) is 58.7. The summed E-state index contributed by atoms with van der Waals surface area (Å²) in [7, 11) is 0. The minimum Gasteiger partial charge on any atom is -0.392 e. The van der Waals surface area contributed by atoms with Crippen molar-refractivity contribution >= 4 is 0 Å². The van der Waals surface area contributed by atoms with Crippen molar-refractivity contribution in [3.05, 3.63) is 0 Å². The molecule has 4 fully saturated rings. The Hall–Kier alpha value is -0.0800. The second kappa shape index (κ2) is 3.46. The number of nitrogens with one attached hydrogen (secondary N) is 1. The Morgan fingerprint density at radius 1 is 0.875 bits per heavy atom. The molecule has 2 nitrogen and oxygen atoms in total. The van der Waals surface area contributed by atoms with Crippen LogP contribution in [0.15, 0.2) is 0 Å². The van der Waals surface area contributed by atoms with Crippen LogP contribution in [0.1, 0.15) is 44.9 Å². The van der Waals surface area contributed by atoms with Crippen molar-refractivity contribution in [2.45, 2.75) is 63.1 Å². The molecule has 0 amide bonds. The highest BCUT2D eigenvalue weighted by Gasteiger charge is 2.65. The van der Waals surface area contributed by atoms with Crippen LogP contribution in [0.25, 0.3) is 0 Å². The smallest absolute Gasteiger partial charge is 0.0693 e. The molecule has 2 N–H and O–H groups in total. The highest BCUT2D eigenvalue weighted by atomic mass is 16.3. The summed E-state index contributed by atoms with van der Waals surface area (Å²) < 4.78 is 0. The lowest BCUT2D eigenvalue weighted by Gasteiger charge is -2.29. The second-order valence-electron chi connectivity index (χ2n) is 6.64. The van der Waals surface area contributed by atoms with Crippen LogP contribution in [0.4, 0.5) is 0 Å². The van der Waals surface area contributed by atoms with Crippen LogP contribution in [-0.4, -0.2) is 23.3 Å². The van der Waals surface area contributed by atoms with E-state index in [4.69, 9.17) is 0 Å². The molecule has 0 aromatic rings. The van der Waals surface area contributed by atoms with E-state index in [1.807, 2.05) is 0 Å². The third-order valence-electron chi connectivity index (χ3n) is 5.87. The van der Waals surface area contributed by atoms with Gasteiger partial charge in [0.15, 0.2) is 0 Å². The second-order valence-corrected chi connectivity index (χ2v) is 6.64. The number of fused-ring (bicyclic) bond motifs is 5. The monoisotopic (exact) mass is 221 g/mol. The predicted molar refractivity (Wildman–Crippen MR) is 63.0 cm³/mol. The molecule has 4 saturated carbocycles. The largest absolute Gasteiger partial charge is 0.392 e. The fourth-order valence-electron chi connectivity index (χ4n) is 5.10. The van der Waals surface area contributed by atoms with Crippen molar-refractivity contribution in [1.82, 2.24) is 5.32 Å². The van der Waals surface area contributed by atoms with Crippen molar-refractivity contribution in [2.24, 2.45) is 23.7 Å². The lowest BCUT2D eigenvalue weighted by Crippen LogP contribution is -2.44. The fourth-order valence-corrected chi connectivity index (χ4v) is 5.10. The van der Waals surface area contributed by atoms with Gasteiger partial charge in [0.05, 0.1) is 6.10 Å². The fraction of sp³-hybridized carbons (Fsp3) is 1.00. The van der Waals surface area contributed by atoms with E-state index in [-0.39, 0.29) is 6.10 Å². The number of rotatable bonds is 2. The summed E-state index contributed by atoms with van der Waals surface area (Å²) in [5.41, 5.74) is 0. The molecule has 0 spiro atoms. The van der Waals surface area contributed by atoms with E-state index in [0.717, 1.165) is 36.1 Å². The molecule has 4 unspecified atom stereocenters. The molecule has 90 valence electrons. The quantitative estimate of drug-likeness (QED) is 0.746. The lowest BCUT2D eigenvalue weighted by atomic mass is 9.92. The topological polar surface area (TPSA) is 32.3 Å². The van der Waals surface area contributed by atoms with Gasteiger partial charge >= 0.3 is 0 Å². The Labute approximate surface area is 97.8 Å². The van der Waals surface area contributed by atoms with Crippen LogP contribution < -0.4 is 5.32 Å². The molecule has 0 heterocycles. The maximum absolute atomic E-state index is 9.99. The summed E-state index contributed by atoms with van der Waals surface area (Å²) in [5.74, 6) is 4.11. The van der Waals surface area contributed by atoms with Gasteiger partial charge in [-0.15, -0.1) is 0 Å². The molecule has 0 radical (unpaired) electrons. The van der Waals surface area contributed by atoms with Gasteiger partial charge in [0.25, 0.3) is 0 Å². The van der Waals surface area contributed by atoms with Gasteiger partial charge < -0.3 is 10.4 Å². The summed E-state index contributed by atoms with van der Waals surface area (Å²) in [6, 6.07) is 1.22. The van der Waals surface area contributed by atoms with Gasteiger partial charge in [-0.2, -0.15) is 0 Å². The first-order chi connectivity index (χ1) is 7.84. The molecule has 16 heavy (non-hydrogen) atoms. The maximum Gasteiger partial charge on any atom is 0.0693 e. The molecular weight excluding hydrogens is 198 g/mol. The molecular formula is C14H23NO. The van der Waals surface area contributed by atoms with Crippen LogP contribution >= 0.6 is 0 Å². The van der Waals surface area contributed by atoms with Crippen LogP contribution in [0.5, 0.6) is 0 Å². The van der Waals surface area contributed by atoms with Gasteiger partial charge in [-0.1, -0.05) is 12.8 Å². The number of hydrogen-bond donors (Lipinski definition) is 2. The summed E-state index contributed by atoms with van der Waals surface area (Å²) in [6.45, 7) is 0.